The third-order valence-electron chi connectivity index (χ3n) is 9.18. The minimum absolute atomic E-state index is 0. The van der Waals surface area contributed by atoms with Crippen LogP contribution in [0.3, 0.4) is 0 Å². The predicted octanol–water partition coefficient (Wildman–Crippen LogP) is 10.1. The standard InChI is InChI=1S/C22H19N2.C15H28O2.Ir/c1-13-5-7-18(15(3)9-13)21-19-8-6-17-11-14(2)10-16(4)20(17)22(19)24-12-23-21;1-7-14(5,8-2)12(16)11-13(17)15(6,9-3)10-4;/h5-6,8-12H,1-4H3;11,16H,7-10H2,1-6H3;/q-1;;/b;12-11-;. The van der Waals surface area contributed by atoms with Crippen LogP contribution >= 0.6 is 0 Å². The van der Waals surface area contributed by atoms with Crippen molar-refractivity contribution in [3.63, 3.8) is 0 Å². The average molecular weight is 744 g/mol. The molecule has 1 heterocycles. The van der Waals surface area contributed by atoms with Crippen LogP contribution < -0.4 is 0 Å². The van der Waals surface area contributed by atoms with Gasteiger partial charge in [-0.25, -0.2) is 4.98 Å². The number of hydrogen-bond donors (Lipinski definition) is 1. The first kappa shape index (κ1) is 35.3. The molecule has 0 spiro atoms. The number of aliphatic hydroxyl groups excluding tert-OH is 1. The maximum atomic E-state index is 12.2. The predicted molar refractivity (Wildman–Crippen MR) is 173 cm³/mol. The van der Waals surface area contributed by atoms with Crippen LogP contribution in [0, 0.1) is 44.6 Å². The van der Waals surface area contributed by atoms with Gasteiger partial charge in [0, 0.05) is 42.4 Å². The van der Waals surface area contributed by atoms with Crippen LogP contribution in [0.15, 0.2) is 54.6 Å². The molecule has 1 radical (unpaired) electrons. The van der Waals surface area contributed by atoms with Crippen molar-refractivity contribution in [1.29, 1.82) is 0 Å². The molecule has 0 amide bonds. The molecule has 0 fully saturated rings. The van der Waals surface area contributed by atoms with Crippen molar-refractivity contribution in [2.75, 3.05) is 0 Å². The van der Waals surface area contributed by atoms with Crippen molar-refractivity contribution in [3.05, 3.63) is 82.9 Å². The molecule has 4 aromatic rings. The van der Waals surface area contributed by atoms with Gasteiger partial charge in [-0.3, -0.25) is 9.78 Å². The van der Waals surface area contributed by atoms with E-state index in [2.05, 4.69) is 74.1 Å². The molecule has 1 aromatic heterocycles. The second-order valence-corrected chi connectivity index (χ2v) is 12.0. The van der Waals surface area contributed by atoms with Gasteiger partial charge in [0.2, 0.25) is 0 Å². The van der Waals surface area contributed by atoms with E-state index in [9.17, 15) is 9.90 Å². The summed E-state index contributed by atoms with van der Waals surface area (Å²) in [6.45, 7) is 20.6. The molecule has 0 saturated carbocycles. The second kappa shape index (κ2) is 14.5. The van der Waals surface area contributed by atoms with E-state index in [4.69, 9.17) is 0 Å². The van der Waals surface area contributed by atoms with Crippen LogP contribution in [0.25, 0.3) is 32.9 Å². The molecule has 1 N–H and O–H groups in total. The summed E-state index contributed by atoms with van der Waals surface area (Å²) >= 11 is 0. The van der Waals surface area contributed by atoms with Gasteiger partial charge in [-0.05, 0) is 61.6 Å². The summed E-state index contributed by atoms with van der Waals surface area (Å²) in [7, 11) is 0. The summed E-state index contributed by atoms with van der Waals surface area (Å²) in [5.74, 6) is 0.286. The fraction of sp³-hybridized carbons (Fsp3) is 0.432. The molecular formula is C37H47IrN2O2-. The van der Waals surface area contributed by atoms with Crippen LogP contribution in [-0.2, 0) is 24.9 Å². The Kier molecular flexibility index (Phi) is 12.2. The van der Waals surface area contributed by atoms with Gasteiger partial charge in [-0.1, -0.05) is 85.2 Å². The first-order valence-electron chi connectivity index (χ1n) is 14.9. The van der Waals surface area contributed by atoms with Gasteiger partial charge < -0.3 is 5.11 Å². The second-order valence-electron chi connectivity index (χ2n) is 12.0. The zero-order valence-corrected chi connectivity index (χ0v) is 29.4. The monoisotopic (exact) mass is 744 g/mol. The normalized spacial score (nSPS) is 12.1. The minimum atomic E-state index is -0.337. The maximum Gasteiger partial charge on any atom is 0.164 e. The number of fused-ring (bicyclic) bond motifs is 3. The average Bonchev–Trinajstić information content (AvgIpc) is 2.95. The van der Waals surface area contributed by atoms with Crippen molar-refractivity contribution in [1.82, 2.24) is 9.97 Å². The van der Waals surface area contributed by atoms with Crippen LogP contribution in [-0.4, -0.2) is 20.9 Å². The van der Waals surface area contributed by atoms with Gasteiger partial charge in [0.05, 0.1) is 5.52 Å². The van der Waals surface area contributed by atoms with Gasteiger partial charge in [0.25, 0.3) is 0 Å². The Morgan fingerprint density at radius 3 is 2.02 bits per heavy atom. The molecule has 42 heavy (non-hydrogen) atoms. The third-order valence-corrected chi connectivity index (χ3v) is 9.18. The number of nitrogens with zero attached hydrogens (tertiary/aromatic N) is 2. The smallest absolute Gasteiger partial charge is 0.164 e. The third kappa shape index (κ3) is 7.36. The fourth-order valence-corrected chi connectivity index (χ4v) is 5.27. The van der Waals surface area contributed by atoms with Gasteiger partial charge in [-0.15, -0.1) is 34.9 Å². The number of ketones is 1. The van der Waals surface area contributed by atoms with E-state index in [0.29, 0.717) is 0 Å². The molecule has 5 heteroatoms. The zero-order chi connectivity index (χ0) is 30.5. The van der Waals surface area contributed by atoms with Crippen LogP contribution in [0.2, 0.25) is 0 Å². The molecule has 0 aliphatic carbocycles. The van der Waals surface area contributed by atoms with Crippen molar-refractivity contribution in [3.8, 4) is 11.3 Å². The van der Waals surface area contributed by atoms with Gasteiger partial charge in [0.15, 0.2) is 5.78 Å². The Bertz CT molecular complexity index is 1580. The van der Waals surface area contributed by atoms with Crippen molar-refractivity contribution in [2.24, 2.45) is 10.8 Å². The fourth-order valence-electron chi connectivity index (χ4n) is 5.27. The molecule has 0 saturated heterocycles. The Morgan fingerprint density at radius 2 is 1.45 bits per heavy atom. The molecule has 0 aliphatic heterocycles. The van der Waals surface area contributed by atoms with E-state index >= 15 is 0 Å². The Labute approximate surface area is 266 Å². The summed E-state index contributed by atoms with van der Waals surface area (Å²) in [6, 6.07) is 16.3. The van der Waals surface area contributed by atoms with Gasteiger partial charge in [-0.2, -0.15) is 0 Å². The quantitative estimate of drug-likeness (QED) is 0.0845. The number of aliphatic hydroxyl groups is 1. The topological polar surface area (TPSA) is 63.1 Å². The summed E-state index contributed by atoms with van der Waals surface area (Å²) in [4.78, 5) is 21.4. The van der Waals surface area contributed by atoms with Crippen LogP contribution in [0.5, 0.6) is 0 Å². The largest absolute Gasteiger partial charge is 0.512 e. The number of aryl methyl sites for hydroxylation is 4. The number of rotatable bonds is 8. The molecule has 4 nitrogen and oxygen atoms in total. The Hall–Kier alpha value is -2.88. The number of allylic oxidation sites excluding steroid dienone is 2. The van der Waals surface area contributed by atoms with E-state index in [-0.39, 0.29) is 42.5 Å². The molecule has 0 aliphatic rings. The number of benzene rings is 3. The number of carbonyl (C=O) groups is 1. The molecular weight excluding hydrogens is 697 g/mol. The summed E-state index contributed by atoms with van der Waals surface area (Å²) in [5, 5.41) is 13.7. The molecule has 227 valence electrons. The first-order valence-corrected chi connectivity index (χ1v) is 14.9. The van der Waals surface area contributed by atoms with Crippen molar-refractivity contribution >= 4 is 27.5 Å². The molecule has 4 rings (SSSR count). The Balaban J connectivity index is 0.000000307. The summed E-state index contributed by atoms with van der Waals surface area (Å²) < 4.78 is 0. The van der Waals surface area contributed by atoms with E-state index in [1.165, 1.54) is 39.1 Å². The number of hydrogen-bond acceptors (Lipinski definition) is 4. The summed E-state index contributed by atoms with van der Waals surface area (Å²) in [5.41, 5.74) is 7.36. The van der Waals surface area contributed by atoms with E-state index in [0.717, 1.165) is 47.8 Å². The summed E-state index contributed by atoms with van der Waals surface area (Å²) in [6.07, 6.45) is 6.42. The van der Waals surface area contributed by atoms with Crippen LogP contribution in [0.4, 0.5) is 0 Å². The number of carbonyl (C=O) groups excluding carboxylic acids is 1. The molecule has 0 bridgehead atoms. The SMILES string of the molecule is CCC(C)(CC)C(=O)/C=C(\O)C(C)(CC)CC.Cc1c[c-]c(-c2ncnc3c2ccc2cc(C)cc(C)c23)c(C)c1.[Ir]. The first-order chi connectivity index (χ1) is 19.3. The van der Waals surface area contributed by atoms with Crippen molar-refractivity contribution < 1.29 is 30.0 Å². The maximum absolute atomic E-state index is 12.2. The molecule has 0 unspecified atom stereocenters. The Morgan fingerprint density at radius 1 is 0.857 bits per heavy atom. The van der Waals surface area contributed by atoms with Gasteiger partial charge >= 0.3 is 0 Å². The zero-order valence-electron chi connectivity index (χ0n) is 27.0. The number of aromatic nitrogens is 2. The minimum Gasteiger partial charge on any atom is -0.512 e. The van der Waals surface area contributed by atoms with E-state index < -0.39 is 0 Å². The molecule has 0 atom stereocenters. The van der Waals surface area contributed by atoms with Gasteiger partial charge in [0.1, 0.15) is 12.1 Å². The van der Waals surface area contributed by atoms with Crippen LogP contribution in [0.1, 0.15) is 89.5 Å². The van der Waals surface area contributed by atoms with E-state index in [1.807, 2.05) is 47.6 Å². The van der Waals surface area contributed by atoms with Crippen molar-refractivity contribution in [2.45, 2.75) is 94.9 Å². The van der Waals surface area contributed by atoms with E-state index in [1.54, 1.807) is 6.33 Å². The molecule has 3 aromatic carbocycles.